The van der Waals surface area contributed by atoms with E-state index in [1.165, 1.54) is 19.4 Å². The summed E-state index contributed by atoms with van der Waals surface area (Å²) in [6.07, 6.45) is 2.48. The van der Waals surface area contributed by atoms with Gasteiger partial charge in [0.05, 0.1) is 0 Å². The Labute approximate surface area is 113 Å². The highest BCUT2D eigenvalue weighted by molar-refractivity contribution is 5.46. The van der Waals surface area contributed by atoms with Crippen molar-refractivity contribution in [3.8, 4) is 0 Å². The number of ether oxygens (including phenoxy) is 1. The summed E-state index contributed by atoms with van der Waals surface area (Å²) in [6.45, 7) is 2.41. The van der Waals surface area contributed by atoms with Crippen molar-refractivity contribution < 1.29 is 4.74 Å². The van der Waals surface area contributed by atoms with Crippen molar-refractivity contribution in [1.29, 1.82) is 0 Å². The van der Waals surface area contributed by atoms with Crippen LogP contribution in [0.4, 0.5) is 11.6 Å². The molecule has 0 bridgehead atoms. The lowest BCUT2D eigenvalue weighted by Gasteiger charge is -2.20. The predicted molar refractivity (Wildman–Crippen MR) is 74.7 cm³/mol. The van der Waals surface area contributed by atoms with Crippen molar-refractivity contribution in [3.05, 3.63) is 11.9 Å². The number of hydrazine groups is 1. The number of likely N-dealkylation sites (N-methyl/N-ethyl adjacent to an activating group) is 1. The second-order valence-corrected chi connectivity index (χ2v) is 4.79. The van der Waals surface area contributed by atoms with E-state index in [4.69, 9.17) is 10.6 Å². The van der Waals surface area contributed by atoms with Crippen LogP contribution in [0.1, 0.15) is 18.7 Å². The minimum absolute atomic E-state index is 0.369. The summed E-state index contributed by atoms with van der Waals surface area (Å²) in [5.41, 5.74) is 2.55. The lowest BCUT2D eigenvalue weighted by atomic mass is 10.2. The molecule has 1 fully saturated rings. The van der Waals surface area contributed by atoms with E-state index in [0.29, 0.717) is 24.3 Å². The van der Waals surface area contributed by atoms with Gasteiger partial charge in [-0.15, -0.1) is 0 Å². The smallest absolute Gasteiger partial charge is 0.158 e. The molecular weight excluding hydrogens is 244 g/mol. The molecule has 106 valence electrons. The quantitative estimate of drug-likeness (QED) is 0.508. The van der Waals surface area contributed by atoms with Gasteiger partial charge in [0.1, 0.15) is 18.2 Å². The van der Waals surface area contributed by atoms with Crippen LogP contribution >= 0.6 is 0 Å². The summed E-state index contributed by atoms with van der Waals surface area (Å²) < 4.78 is 5.05. The van der Waals surface area contributed by atoms with Gasteiger partial charge in [-0.05, 0) is 26.4 Å². The Hall–Kier alpha value is -1.44. The maximum Gasteiger partial charge on any atom is 0.158 e. The van der Waals surface area contributed by atoms with Crippen LogP contribution in [0.15, 0.2) is 6.07 Å². The number of likely N-dealkylation sites (tertiary alicyclic amines) is 1. The number of nitrogens with two attached hydrogens (primary N) is 1. The first-order chi connectivity index (χ1) is 9.22. The molecular formula is C12H22N6O. The molecule has 1 aromatic heterocycles. The standard InChI is InChI=1S/C12H22N6O/c1-18-5-3-4-9(18)7-14-10-6-11(17-13)16-12(15-10)8-19-2/h6,9H,3-5,7-8,13H2,1-2H3,(H2,14,15,16,17). The summed E-state index contributed by atoms with van der Waals surface area (Å²) >= 11 is 0. The highest BCUT2D eigenvalue weighted by Gasteiger charge is 2.20. The first-order valence-electron chi connectivity index (χ1n) is 6.50. The number of nitrogens with one attached hydrogen (secondary N) is 2. The van der Waals surface area contributed by atoms with Crippen LogP contribution in [0.2, 0.25) is 0 Å². The molecule has 0 amide bonds. The van der Waals surface area contributed by atoms with Crippen molar-refractivity contribution in [1.82, 2.24) is 14.9 Å². The molecule has 0 spiro atoms. The summed E-state index contributed by atoms with van der Waals surface area (Å²) in [7, 11) is 3.77. The van der Waals surface area contributed by atoms with Crippen LogP contribution in [0.25, 0.3) is 0 Å². The first kappa shape index (κ1) is 14.0. The van der Waals surface area contributed by atoms with Crippen molar-refractivity contribution >= 4 is 11.6 Å². The maximum atomic E-state index is 5.41. The molecule has 7 nitrogen and oxygen atoms in total. The molecule has 0 saturated carbocycles. The second-order valence-electron chi connectivity index (χ2n) is 4.79. The van der Waals surface area contributed by atoms with Crippen LogP contribution in [0.3, 0.4) is 0 Å². The summed E-state index contributed by atoms with van der Waals surface area (Å²) in [5, 5.41) is 3.35. The Balaban J connectivity index is 2.00. The average molecular weight is 266 g/mol. The van der Waals surface area contributed by atoms with E-state index in [0.717, 1.165) is 12.4 Å². The summed E-state index contributed by atoms with van der Waals surface area (Å²) in [6, 6.07) is 2.36. The molecule has 4 N–H and O–H groups in total. The fourth-order valence-corrected chi connectivity index (χ4v) is 2.31. The van der Waals surface area contributed by atoms with E-state index in [9.17, 15) is 0 Å². The first-order valence-corrected chi connectivity index (χ1v) is 6.50. The molecule has 2 rings (SSSR count). The summed E-state index contributed by atoms with van der Waals surface area (Å²) in [5.74, 6) is 7.38. The molecule has 0 aliphatic carbocycles. The zero-order valence-electron chi connectivity index (χ0n) is 11.5. The Bertz CT molecular complexity index is 413. The molecule has 1 atom stereocenters. The van der Waals surface area contributed by atoms with Gasteiger partial charge in [-0.3, -0.25) is 0 Å². The number of aromatic nitrogens is 2. The Kier molecular flexibility index (Phi) is 4.89. The van der Waals surface area contributed by atoms with E-state index < -0.39 is 0 Å². The van der Waals surface area contributed by atoms with E-state index >= 15 is 0 Å². The largest absolute Gasteiger partial charge is 0.377 e. The number of hydrogen-bond donors (Lipinski definition) is 3. The molecule has 1 aliphatic rings. The molecule has 1 saturated heterocycles. The van der Waals surface area contributed by atoms with E-state index in [-0.39, 0.29) is 0 Å². The number of rotatable bonds is 6. The molecule has 0 radical (unpaired) electrons. The van der Waals surface area contributed by atoms with E-state index in [1.54, 1.807) is 13.2 Å². The van der Waals surface area contributed by atoms with Gasteiger partial charge in [-0.1, -0.05) is 0 Å². The van der Waals surface area contributed by atoms with Gasteiger partial charge in [0.25, 0.3) is 0 Å². The summed E-state index contributed by atoms with van der Waals surface area (Å²) in [4.78, 5) is 11.0. The molecule has 19 heavy (non-hydrogen) atoms. The van der Waals surface area contributed by atoms with Gasteiger partial charge < -0.3 is 20.4 Å². The Morgan fingerprint density at radius 3 is 2.89 bits per heavy atom. The fraction of sp³-hybridized carbons (Fsp3) is 0.667. The lowest BCUT2D eigenvalue weighted by Crippen LogP contribution is -2.31. The topological polar surface area (TPSA) is 88.3 Å². The SMILES string of the molecule is COCc1nc(NN)cc(NCC2CCCN2C)n1. The second kappa shape index (κ2) is 6.65. The van der Waals surface area contributed by atoms with Crippen molar-refractivity contribution in [3.63, 3.8) is 0 Å². The lowest BCUT2D eigenvalue weighted by molar-refractivity contribution is 0.178. The fourth-order valence-electron chi connectivity index (χ4n) is 2.31. The van der Waals surface area contributed by atoms with Crippen LogP contribution in [0.5, 0.6) is 0 Å². The normalized spacial score (nSPS) is 19.6. The molecule has 1 unspecified atom stereocenters. The van der Waals surface area contributed by atoms with Crippen LogP contribution in [-0.2, 0) is 11.3 Å². The Morgan fingerprint density at radius 2 is 2.26 bits per heavy atom. The predicted octanol–water partition coefficient (Wildman–Crippen LogP) is 0.415. The third-order valence-corrected chi connectivity index (χ3v) is 3.38. The Morgan fingerprint density at radius 1 is 1.47 bits per heavy atom. The zero-order chi connectivity index (χ0) is 13.7. The van der Waals surface area contributed by atoms with Gasteiger partial charge in [0.15, 0.2) is 5.82 Å². The minimum Gasteiger partial charge on any atom is -0.377 e. The molecule has 7 heteroatoms. The van der Waals surface area contributed by atoms with Crippen LogP contribution in [-0.4, -0.2) is 48.2 Å². The number of methoxy groups -OCH3 is 1. The molecule has 1 aromatic rings. The third kappa shape index (κ3) is 3.76. The molecule has 1 aliphatic heterocycles. The van der Waals surface area contributed by atoms with Crippen molar-refractivity contribution in [2.75, 3.05) is 38.0 Å². The van der Waals surface area contributed by atoms with Gasteiger partial charge in [-0.25, -0.2) is 15.8 Å². The number of nitrogens with zero attached hydrogens (tertiary/aromatic N) is 3. The average Bonchev–Trinajstić information content (AvgIpc) is 2.82. The monoisotopic (exact) mass is 266 g/mol. The van der Waals surface area contributed by atoms with E-state index in [1.807, 2.05) is 0 Å². The highest BCUT2D eigenvalue weighted by Crippen LogP contribution is 2.16. The van der Waals surface area contributed by atoms with Crippen molar-refractivity contribution in [2.45, 2.75) is 25.5 Å². The molecule has 0 aromatic carbocycles. The van der Waals surface area contributed by atoms with Gasteiger partial charge in [-0.2, -0.15) is 0 Å². The number of nitrogen functional groups attached to an aromatic ring is 1. The molecule has 2 heterocycles. The maximum absolute atomic E-state index is 5.41. The van der Waals surface area contributed by atoms with E-state index in [2.05, 4.69) is 32.7 Å². The van der Waals surface area contributed by atoms with Gasteiger partial charge in [0, 0.05) is 25.8 Å². The van der Waals surface area contributed by atoms with Crippen LogP contribution < -0.4 is 16.6 Å². The van der Waals surface area contributed by atoms with Gasteiger partial charge >= 0.3 is 0 Å². The van der Waals surface area contributed by atoms with Gasteiger partial charge in [0.2, 0.25) is 0 Å². The van der Waals surface area contributed by atoms with Crippen LogP contribution in [0, 0.1) is 0 Å². The zero-order valence-corrected chi connectivity index (χ0v) is 11.5. The van der Waals surface area contributed by atoms with Crippen molar-refractivity contribution in [2.24, 2.45) is 5.84 Å². The minimum atomic E-state index is 0.369. The highest BCUT2D eigenvalue weighted by atomic mass is 16.5. The third-order valence-electron chi connectivity index (χ3n) is 3.38. The number of anilines is 2. The number of hydrogen-bond acceptors (Lipinski definition) is 7.